The predicted octanol–water partition coefficient (Wildman–Crippen LogP) is 3.50. The standard InChI is InChI=1S/C19H27N5S.HI/c1-20-19(23-17-8-9-18(10-17)25-2)21-11-16-12-22-24(14-16)13-15-6-4-3-5-7-15;/h3-7,12,14,17-18H,8-11,13H2,1-2H3,(H2,20,21,23);1H. The molecule has 0 aliphatic heterocycles. The van der Waals surface area contributed by atoms with Crippen molar-refractivity contribution in [3.05, 3.63) is 53.9 Å². The van der Waals surface area contributed by atoms with Crippen molar-refractivity contribution in [1.29, 1.82) is 0 Å². The smallest absolute Gasteiger partial charge is 0.191 e. The molecule has 7 heteroatoms. The maximum absolute atomic E-state index is 4.45. The Morgan fingerprint density at radius 1 is 1.27 bits per heavy atom. The van der Waals surface area contributed by atoms with Crippen molar-refractivity contribution in [2.75, 3.05) is 13.3 Å². The summed E-state index contributed by atoms with van der Waals surface area (Å²) < 4.78 is 1.97. The van der Waals surface area contributed by atoms with Crippen LogP contribution in [0.2, 0.25) is 0 Å². The van der Waals surface area contributed by atoms with Gasteiger partial charge in [0.1, 0.15) is 0 Å². The molecule has 1 aromatic heterocycles. The van der Waals surface area contributed by atoms with E-state index in [1.807, 2.05) is 35.8 Å². The highest BCUT2D eigenvalue weighted by molar-refractivity contribution is 14.0. The molecule has 2 N–H and O–H groups in total. The molecular formula is C19H28IN5S. The van der Waals surface area contributed by atoms with Gasteiger partial charge in [-0.3, -0.25) is 9.67 Å². The van der Waals surface area contributed by atoms with E-state index < -0.39 is 0 Å². The number of hydrogen-bond acceptors (Lipinski definition) is 3. The number of nitrogens with one attached hydrogen (secondary N) is 2. The van der Waals surface area contributed by atoms with E-state index in [0.717, 1.165) is 29.9 Å². The summed E-state index contributed by atoms with van der Waals surface area (Å²) in [5.41, 5.74) is 2.42. The van der Waals surface area contributed by atoms with E-state index in [9.17, 15) is 0 Å². The van der Waals surface area contributed by atoms with Gasteiger partial charge in [-0.2, -0.15) is 16.9 Å². The van der Waals surface area contributed by atoms with Crippen molar-refractivity contribution in [2.24, 2.45) is 4.99 Å². The van der Waals surface area contributed by atoms with Crippen LogP contribution in [-0.4, -0.2) is 40.3 Å². The number of aliphatic imine (C=N–C) groups is 1. The molecule has 0 radical (unpaired) electrons. The second kappa shape index (κ2) is 10.8. The van der Waals surface area contributed by atoms with E-state index in [2.05, 4.69) is 57.4 Å². The van der Waals surface area contributed by atoms with Crippen LogP contribution in [0.4, 0.5) is 0 Å². The molecule has 0 bridgehead atoms. The highest BCUT2D eigenvalue weighted by Gasteiger charge is 2.24. The summed E-state index contributed by atoms with van der Waals surface area (Å²) in [6, 6.07) is 10.9. The highest BCUT2D eigenvalue weighted by Crippen LogP contribution is 2.27. The van der Waals surface area contributed by atoms with E-state index in [1.54, 1.807) is 0 Å². The van der Waals surface area contributed by atoms with Gasteiger partial charge in [-0.15, -0.1) is 24.0 Å². The molecule has 1 aliphatic carbocycles. The zero-order valence-electron chi connectivity index (χ0n) is 15.4. The first-order chi connectivity index (χ1) is 12.3. The first kappa shape index (κ1) is 21.1. The van der Waals surface area contributed by atoms with E-state index in [1.165, 1.54) is 24.8 Å². The van der Waals surface area contributed by atoms with Crippen LogP contribution in [0.3, 0.4) is 0 Å². The summed E-state index contributed by atoms with van der Waals surface area (Å²) in [4.78, 5) is 4.35. The largest absolute Gasteiger partial charge is 0.354 e. The van der Waals surface area contributed by atoms with Crippen molar-refractivity contribution in [3.8, 4) is 0 Å². The molecule has 1 heterocycles. The Bertz CT molecular complexity index is 688. The van der Waals surface area contributed by atoms with E-state index in [0.29, 0.717) is 6.04 Å². The number of guanidine groups is 1. The normalized spacial score (nSPS) is 19.8. The van der Waals surface area contributed by atoms with Gasteiger partial charge in [0.05, 0.1) is 12.7 Å². The lowest BCUT2D eigenvalue weighted by atomic mass is 10.2. The number of halogens is 1. The van der Waals surface area contributed by atoms with E-state index in [-0.39, 0.29) is 24.0 Å². The van der Waals surface area contributed by atoms with Crippen LogP contribution in [0, 0.1) is 0 Å². The second-order valence-electron chi connectivity index (χ2n) is 6.47. The van der Waals surface area contributed by atoms with E-state index >= 15 is 0 Å². The quantitative estimate of drug-likeness (QED) is 0.374. The van der Waals surface area contributed by atoms with Gasteiger partial charge in [-0.1, -0.05) is 30.3 Å². The Morgan fingerprint density at radius 2 is 2.08 bits per heavy atom. The van der Waals surface area contributed by atoms with E-state index in [4.69, 9.17) is 0 Å². The fourth-order valence-corrected chi connectivity index (χ4v) is 4.01. The molecular weight excluding hydrogens is 457 g/mol. The Balaban J connectivity index is 0.00000243. The third-order valence-corrected chi connectivity index (χ3v) is 5.71. The summed E-state index contributed by atoms with van der Waals surface area (Å²) >= 11 is 1.97. The molecule has 0 saturated heterocycles. The third kappa shape index (κ3) is 6.19. The second-order valence-corrected chi connectivity index (χ2v) is 7.61. The van der Waals surface area contributed by atoms with Crippen LogP contribution in [0.25, 0.3) is 0 Å². The van der Waals surface area contributed by atoms with Gasteiger partial charge in [0.2, 0.25) is 0 Å². The van der Waals surface area contributed by atoms with Gasteiger partial charge in [0.15, 0.2) is 5.96 Å². The summed E-state index contributed by atoms with van der Waals surface area (Å²) in [7, 11) is 1.83. The number of thioether (sulfide) groups is 1. The first-order valence-electron chi connectivity index (χ1n) is 8.82. The molecule has 1 saturated carbocycles. The third-order valence-electron chi connectivity index (χ3n) is 4.62. The van der Waals surface area contributed by atoms with Crippen LogP contribution in [0.15, 0.2) is 47.7 Å². The molecule has 0 amide bonds. The maximum atomic E-state index is 4.45. The van der Waals surface area contributed by atoms with Crippen LogP contribution in [0.5, 0.6) is 0 Å². The maximum Gasteiger partial charge on any atom is 0.191 e. The molecule has 2 atom stereocenters. The minimum atomic E-state index is 0. The van der Waals surface area contributed by atoms with Crippen molar-refractivity contribution in [1.82, 2.24) is 20.4 Å². The van der Waals surface area contributed by atoms with Crippen molar-refractivity contribution >= 4 is 41.7 Å². The van der Waals surface area contributed by atoms with Gasteiger partial charge in [0, 0.05) is 36.6 Å². The van der Waals surface area contributed by atoms with Gasteiger partial charge in [-0.25, -0.2) is 0 Å². The lowest BCUT2D eigenvalue weighted by Gasteiger charge is -2.17. The van der Waals surface area contributed by atoms with Gasteiger partial charge < -0.3 is 10.6 Å². The van der Waals surface area contributed by atoms with Crippen molar-refractivity contribution in [2.45, 2.75) is 43.6 Å². The van der Waals surface area contributed by atoms with Gasteiger partial charge >= 0.3 is 0 Å². The lowest BCUT2D eigenvalue weighted by molar-refractivity contribution is 0.614. The molecule has 26 heavy (non-hydrogen) atoms. The lowest BCUT2D eigenvalue weighted by Crippen LogP contribution is -2.42. The molecule has 2 unspecified atom stereocenters. The van der Waals surface area contributed by atoms with Crippen LogP contribution in [0.1, 0.15) is 30.4 Å². The molecule has 1 aliphatic rings. The molecule has 2 aromatic rings. The average Bonchev–Trinajstić information content (AvgIpc) is 3.28. The number of benzene rings is 1. The molecule has 3 rings (SSSR count). The zero-order valence-corrected chi connectivity index (χ0v) is 18.5. The predicted molar refractivity (Wildman–Crippen MR) is 121 cm³/mol. The number of aromatic nitrogens is 2. The first-order valence-corrected chi connectivity index (χ1v) is 10.1. The zero-order chi connectivity index (χ0) is 17.5. The number of nitrogens with zero attached hydrogens (tertiary/aromatic N) is 3. The number of rotatable bonds is 6. The fourth-order valence-electron chi connectivity index (χ4n) is 3.21. The number of hydrogen-bond donors (Lipinski definition) is 2. The SMILES string of the molecule is CN=C(NCc1cnn(Cc2ccccc2)c1)NC1CCC(SC)C1.I. The monoisotopic (exact) mass is 485 g/mol. The highest BCUT2D eigenvalue weighted by atomic mass is 127. The average molecular weight is 485 g/mol. The Labute approximate surface area is 177 Å². The van der Waals surface area contributed by atoms with Crippen LogP contribution >= 0.6 is 35.7 Å². The van der Waals surface area contributed by atoms with Crippen molar-refractivity contribution in [3.63, 3.8) is 0 Å². The summed E-state index contributed by atoms with van der Waals surface area (Å²) in [5, 5.41) is 12.2. The topological polar surface area (TPSA) is 54.2 Å². The van der Waals surface area contributed by atoms with Crippen LogP contribution < -0.4 is 10.6 Å². The summed E-state index contributed by atoms with van der Waals surface area (Å²) in [5.74, 6) is 0.877. The Kier molecular flexibility index (Phi) is 8.77. The Hall–Kier alpha value is -1.22. The minimum Gasteiger partial charge on any atom is -0.354 e. The fraction of sp³-hybridized carbons (Fsp3) is 0.474. The molecule has 5 nitrogen and oxygen atoms in total. The van der Waals surface area contributed by atoms with Gasteiger partial charge in [-0.05, 0) is 31.1 Å². The minimum absolute atomic E-state index is 0. The summed E-state index contributed by atoms with van der Waals surface area (Å²) in [6.07, 6.45) is 9.95. The van der Waals surface area contributed by atoms with Crippen molar-refractivity contribution < 1.29 is 0 Å². The molecule has 0 spiro atoms. The van der Waals surface area contributed by atoms with Gasteiger partial charge in [0.25, 0.3) is 0 Å². The summed E-state index contributed by atoms with van der Waals surface area (Å²) in [6.45, 7) is 1.53. The van der Waals surface area contributed by atoms with Crippen LogP contribution in [-0.2, 0) is 13.1 Å². The Morgan fingerprint density at radius 3 is 2.77 bits per heavy atom. The molecule has 142 valence electrons. The molecule has 1 aromatic carbocycles. The molecule has 1 fully saturated rings.